The zero-order chi connectivity index (χ0) is 18.3. The summed E-state index contributed by atoms with van der Waals surface area (Å²) in [6.07, 6.45) is 0. The van der Waals surface area contributed by atoms with Crippen LogP contribution < -0.4 is 0 Å². The molecule has 1 aromatic heterocycles. The van der Waals surface area contributed by atoms with E-state index in [-0.39, 0.29) is 17.9 Å². The molecule has 1 aliphatic rings. The maximum Gasteiger partial charge on any atom is 0.261 e. The Morgan fingerprint density at radius 3 is 2.31 bits per heavy atom. The first-order valence-electron chi connectivity index (χ1n) is 8.57. The van der Waals surface area contributed by atoms with Gasteiger partial charge in [0.05, 0.1) is 27.4 Å². The van der Waals surface area contributed by atoms with Crippen molar-refractivity contribution in [2.45, 2.75) is 13.0 Å². The molecule has 0 spiro atoms. The summed E-state index contributed by atoms with van der Waals surface area (Å²) < 4.78 is 1.17. The molecule has 1 atom stereocenters. The summed E-state index contributed by atoms with van der Waals surface area (Å²) >= 11 is 1.68. The molecule has 0 bridgehead atoms. The van der Waals surface area contributed by atoms with Crippen LogP contribution in [0.1, 0.15) is 38.7 Å². The number of fused-ring (bicyclic) bond motifs is 2. The Bertz CT molecular complexity index is 929. The molecule has 0 aliphatic carbocycles. The molecule has 132 valence electrons. The Kier molecular flexibility index (Phi) is 4.30. The van der Waals surface area contributed by atoms with Crippen molar-refractivity contribution in [3.05, 3.63) is 64.7 Å². The standard InChI is InChI=1S/C20H19N3O2S/c1-13(18-21-16-9-5-6-10-17(16)26-18)22(2)11-12-23-19(24)14-7-3-4-8-15(14)20(23)25/h3-10,13H,11-12H2,1-2H3/t13-/m1/s1. The Balaban J connectivity index is 1.45. The van der Waals surface area contributed by atoms with Crippen LogP contribution in [0.5, 0.6) is 0 Å². The lowest BCUT2D eigenvalue weighted by Crippen LogP contribution is -2.37. The van der Waals surface area contributed by atoms with Crippen molar-refractivity contribution >= 4 is 33.4 Å². The van der Waals surface area contributed by atoms with E-state index in [2.05, 4.69) is 17.9 Å². The molecule has 0 saturated heterocycles. The zero-order valence-electron chi connectivity index (χ0n) is 14.7. The highest BCUT2D eigenvalue weighted by atomic mass is 32.1. The van der Waals surface area contributed by atoms with Crippen molar-refractivity contribution in [2.75, 3.05) is 20.1 Å². The molecule has 0 unspecified atom stereocenters. The number of amides is 2. The Morgan fingerprint density at radius 2 is 1.65 bits per heavy atom. The molecular formula is C20H19N3O2S. The monoisotopic (exact) mass is 365 g/mol. The smallest absolute Gasteiger partial charge is 0.261 e. The van der Waals surface area contributed by atoms with Crippen molar-refractivity contribution in [1.82, 2.24) is 14.8 Å². The number of carbonyl (C=O) groups is 2. The van der Waals surface area contributed by atoms with Gasteiger partial charge in [0.1, 0.15) is 5.01 Å². The summed E-state index contributed by atoms with van der Waals surface area (Å²) in [5.74, 6) is -0.404. The molecule has 0 N–H and O–H groups in total. The molecule has 1 aliphatic heterocycles. The number of aromatic nitrogens is 1. The fourth-order valence-corrected chi connectivity index (χ4v) is 4.24. The SMILES string of the molecule is C[C@H](c1nc2ccccc2s1)N(C)CCN1C(=O)c2ccccc2C1=O. The van der Waals surface area contributed by atoms with Gasteiger partial charge < -0.3 is 0 Å². The fourth-order valence-electron chi connectivity index (χ4n) is 3.15. The predicted octanol–water partition coefficient (Wildman–Crippen LogP) is 3.59. The van der Waals surface area contributed by atoms with Gasteiger partial charge in [-0.15, -0.1) is 11.3 Å². The third-order valence-corrected chi connectivity index (χ3v) is 6.09. The van der Waals surface area contributed by atoms with Gasteiger partial charge in [0.2, 0.25) is 0 Å². The van der Waals surface area contributed by atoms with E-state index in [1.807, 2.05) is 25.2 Å². The van der Waals surface area contributed by atoms with Gasteiger partial charge in [-0.3, -0.25) is 19.4 Å². The van der Waals surface area contributed by atoms with Gasteiger partial charge in [-0.1, -0.05) is 24.3 Å². The third kappa shape index (κ3) is 2.81. The van der Waals surface area contributed by atoms with Crippen molar-refractivity contribution in [1.29, 1.82) is 0 Å². The number of rotatable bonds is 5. The molecule has 3 aromatic rings. The van der Waals surface area contributed by atoms with Crippen LogP contribution in [-0.2, 0) is 0 Å². The van der Waals surface area contributed by atoms with Gasteiger partial charge in [-0.2, -0.15) is 0 Å². The van der Waals surface area contributed by atoms with Gasteiger partial charge in [-0.05, 0) is 38.2 Å². The first kappa shape index (κ1) is 16.9. The number of carbonyl (C=O) groups excluding carboxylic acids is 2. The van der Waals surface area contributed by atoms with Gasteiger partial charge in [0.15, 0.2) is 0 Å². The van der Waals surface area contributed by atoms with E-state index >= 15 is 0 Å². The first-order chi connectivity index (χ1) is 12.6. The van der Waals surface area contributed by atoms with Gasteiger partial charge in [0, 0.05) is 13.1 Å². The summed E-state index contributed by atoms with van der Waals surface area (Å²) in [5.41, 5.74) is 2.01. The normalized spacial score (nSPS) is 15.1. The predicted molar refractivity (Wildman–Crippen MR) is 102 cm³/mol. The highest BCUT2D eigenvalue weighted by Gasteiger charge is 2.35. The zero-order valence-corrected chi connectivity index (χ0v) is 15.5. The average Bonchev–Trinajstić information content (AvgIpc) is 3.20. The second-order valence-electron chi connectivity index (χ2n) is 6.48. The Labute approximate surface area is 155 Å². The average molecular weight is 365 g/mol. The van der Waals surface area contributed by atoms with Crippen molar-refractivity contribution in [2.24, 2.45) is 0 Å². The number of para-hydroxylation sites is 1. The summed E-state index contributed by atoms with van der Waals surface area (Å²) in [4.78, 5) is 33.1. The van der Waals surface area contributed by atoms with E-state index in [1.54, 1.807) is 35.6 Å². The third-order valence-electron chi connectivity index (χ3n) is 4.88. The number of hydrogen-bond donors (Lipinski definition) is 0. The van der Waals surface area contributed by atoms with Gasteiger partial charge >= 0.3 is 0 Å². The topological polar surface area (TPSA) is 53.5 Å². The van der Waals surface area contributed by atoms with E-state index < -0.39 is 0 Å². The summed E-state index contributed by atoms with van der Waals surface area (Å²) in [5, 5.41) is 1.04. The van der Waals surface area contributed by atoms with Gasteiger partial charge in [-0.25, -0.2) is 4.98 Å². The number of hydrogen-bond acceptors (Lipinski definition) is 5. The molecule has 5 nitrogen and oxygen atoms in total. The van der Waals surface area contributed by atoms with E-state index in [4.69, 9.17) is 4.98 Å². The number of likely N-dealkylation sites (N-methyl/N-ethyl adjacent to an activating group) is 1. The largest absolute Gasteiger partial charge is 0.296 e. The highest BCUT2D eigenvalue weighted by molar-refractivity contribution is 7.18. The van der Waals surface area contributed by atoms with Crippen LogP contribution in [0.3, 0.4) is 0 Å². The van der Waals surface area contributed by atoms with Crippen LogP contribution in [0.4, 0.5) is 0 Å². The van der Waals surface area contributed by atoms with Crippen LogP contribution in [0.2, 0.25) is 0 Å². The summed E-state index contributed by atoms with van der Waals surface area (Å²) in [7, 11) is 1.99. The number of nitrogens with zero attached hydrogens (tertiary/aromatic N) is 3. The molecular weight excluding hydrogens is 346 g/mol. The van der Waals surface area contributed by atoms with Crippen LogP contribution >= 0.6 is 11.3 Å². The minimum absolute atomic E-state index is 0.114. The summed E-state index contributed by atoms with van der Waals surface area (Å²) in [6, 6.07) is 15.2. The molecule has 0 radical (unpaired) electrons. The van der Waals surface area contributed by atoms with Crippen LogP contribution in [0.15, 0.2) is 48.5 Å². The second-order valence-corrected chi connectivity index (χ2v) is 7.55. The number of imide groups is 1. The molecule has 2 aromatic carbocycles. The Morgan fingerprint density at radius 1 is 1.04 bits per heavy atom. The molecule has 26 heavy (non-hydrogen) atoms. The van der Waals surface area contributed by atoms with Crippen LogP contribution in [-0.4, -0.2) is 46.7 Å². The lowest BCUT2D eigenvalue weighted by atomic mass is 10.1. The van der Waals surface area contributed by atoms with Gasteiger partial charge in [0.25, 0.3) is 11.8 Å². The second kappa shape index (κ2) is 6.63. The van der Waals surface area contributed by atoms with Crippen molar-refractivity contribution < 1.29 is 9.59 Å². The number of thiazole rings is 1. The van der Waals surface area contributed by atoms with E-state index in [0.717, 1.165) is 10.5 Å². The molecule has 2 amide bonds. The van der Waals surface area contributed by atoms with E-state index in [0.29, 0.717) is 24.2 Å². The molecule has 4 rings (SSSR count). The highest BCUT2D eigenvalue weighted by Crippen LogP contribution is 2.29. The molecule has 0 saturated carbocycles. The minimum Gasteiger partial charge on any atom is -0.296 e. The summed E-state index contributed by atoms with van der Waals surface area (Å²) in [6.45, 7) is 3.07. The molecule has 0 fully saturated rings. The maximum atomic E-state index is 12.5. The maximum absolute atomic E-state index is 12.5. The fraction of sp³-hybridized carbons (Fsp3) is 0.250. The van der Waals surface area contributed by atoms with E-state index in [9.17, 15) is 9.59 Å². The molecule has 2 heterocycles. The lowest BCUT2D eigenvalue weighted by Gasteiger charge is -2.25. The number of benzene rings is 2. The molecule has 6 heteroatoms. The first-order valence-corrected chi connectivity index (χ1v) is 9.39. The van der Waals surface area contributed by atoms with Crippen LogP contribution in [0, 0.1) is 0 Å². The Hall–Kier alpha value is -2.57. The lowest BCUT2D eigenvalue weighted by molar-refractivity contribution is 0.0634. The minimum atomic E-state index is -0.202. The van der Waals surface area contributed by atoms with E-state index in [1.165, 1.54) is 9.60 Å². The van der Waals surface area contributed by atoms with Crippen molar-refractivity contribution in [3.63, 3.8) is 0 Å². The van der Waals surface area contributed by atoms with Crippen molar-refractivity contribution in [3.8, 4) is 0 Å². The van der Waals surface area contributed by atoms with Crippen LogP contribution in [0.25, 0.3) is 10.2 Å². The quantitative estimate of drug-likeness (QED) is 0.649.